The van der Waals surface area contributed by atoms with Crippen molar-refractivity contribution in [3.63, 3.8) is 0 Å². The first-order valence-corrected chi connectivity index (χ1v) is 11.1. The van der Waals surface area contributed by atoms with E-state index in [0.717, 1.165) is 35.7 Å². The van der Waals surface area contributed by atoms with Crippen molar-refractivity contribution < 1.29 is 22.7 Å². The van der Waals surface area contributed by atoms with Crippen molar-refractivity contribution in [2.45, 2.75) is 20.0 Å². The fourth-order valence-electron chi connectivity index (χ4n) is 3.92. The van der Waals surface area contributed by atoms with Gasteiger partial charge in [-0.15, -0.1) is 10.2 Å². The summed E-state index contributed by atoms with van der Waals surface area (Å²) in [6, 6.07) is 7.39. The highest BCUT2D eigenvalue weighted by Crippen LogP contribution is 2.33. The lowest BCUT2D eigenvalue weighted by atomic mass is 10.0. The van der Waals surface area contributed by atoms with Gasteiger partial charge in [-0.1, -0.05) is 23.7 Å². The molecule has 0 atom stereocenters. The van der Waals surface area contributed by atoms with Crippen LogP contribution in [0.3, 0.4) is 0 Å². The van der Waals surface area contributed by atoms with Gasteiger partial charge in [0.1, 0.15) is 5.56 Å². The number of halogens is 4. The largest absolute Gasteiger partial charge is 0.465 e. The van der Waals surface area contributed by atoms with E-state index in [0.29, 0.717) is 37.0 Å². The summed E-state index contributed by atoms with van der Waals surface area (Å²) in [4.78, 5) is 23.0. The Morgan fingerprint density at radius 3 is 2.37 bits per heavy atom. The van der Waals surface area contributed by atoms with Crippen LogP contribution in [-0.2, 0) is 10.9 Å². The number of nitrogens with zero attached hydrogens (tertiary/aromatic N) is 6. The number of methoxy groups -OCH3 is 1. The van der Waals surface area contributed by atoms with Crippen molar-refractivity contribution >= 4 is 29.3 Å². The van der Waals surface area contributed by atoms with Gasteiger partial charge in [0.15, 0.2) is 11.5 Å². The number of anilines is 2. The maximum absolute atomic E-state index is 13.5. The molecule has 0 saturated carbocycles. The first-order valence-electron chi connectivity index (χ1n) is 10.7. The molecular formula is C23H22ClF3N6O2. The van der Waals surface area contributed by atoms with Crippen molar-refractivity contribution in [1.82, 2.24) is 20.2 Å². The number of piperazine rings is 1. The first kappa shape index (κ1) is 24.6. The Balaban J connectivity index is 1.53. The maximum atomic E-state index is 13.5. The van der Waals surface area contributed by atoms with Crippen molar-refractivity contribution in [2.24, 2.45) is 0 Å². The van der Waals surface area contributed by atoms with Crippen molar-refractivity contribution in [3.05, 3.63) is 57.9 Å². The van der Waals surface area contributed by atoms with Crippen molar-refractivity contribution in [1.29, 1.82) is 0 Å². The third-order valence-electron chi connectivity index (χ3n) is 5.91. The summed E-state index contributed by atoms with van der Waals surface area (Å²) in [5.41, 5.74) is 1.51. The Bertz CT molecular complexity index is 1260. The van der Waals surface area contributed by atoms with Crippen LogP contribution in [0.2, 0.25) is 5.02 Å². The number of carbonyl (C=O) groups is 1. The molecule has 12 heteroatoms. The molecule has 4 rings (SSSR count). The highest BCUT2D eigenvalue weighted by Gasteiger charge is 2.39. The summed E-state index contributed by atoms with van der Waals surface area (Å²) < 4.78 is 44.9. The predicted molar refractivity (Wildman–Crippen MR) is 125 cm³/mol. The quantitative estimate of drug-likeness (QED) is 0.483. The standard InChI is InChI=1S/C23H22ClF3N6O2/c1-13-14(2)20(31-30-18(13)15-5-4-6-16(24)11-15)32-7-9-33(10-8-32)22-28-12-17(21(34)35-3)19(29-22)23(25,26)27/h4-6,11-12H,7-10H2,1-3H3. The normalized spacial score (nSPS) is 14.3. The number of ether oxygens (including phenoxy) is 1. The molecule has 3 aromatic rings. The van der Waals surface area contributed by atoms with Crippen LogP contribution in [0.1, 0.15) is 27.2 Å². The minimum absolute atomic E-state index is 0.0973. The fourth-order valence-corrected chi connectivity index (χ4v) is 4.11. The summed E-state index contributed by atoms with van der Waals surface area (Å²) in [5.74, 6) is -0.523. The van der Waals surface area contributed by atoms with E-state index >= 15 is 0 Å². The van der Waals surface area contributed by atoms with Gasteiger partial charge in [-0.05, 0) is 37.1 Å². The Morgan fingerprint density at radius 2 is 1.74 bits per heavy atom. The zero-order valence-electron chi connectivity index (χ0n) is 19.2. The highest BCUT2D eigenvalue weighted by atomic mass is 35.5. The van der Waals surface area contributed by atoms with Gasteiger partial charge in [0, 0.05) is 43.0 Å². The van der Waals surface area contributed by atoms with Gasteiger partial charge in [-0.2, -0.15) is 13.2 Å². The number of rotatable bonds is 4. The molecule has 0 radical (unpaired) electrons. The Kier molecular flexibility index (Phi) is 6.79. The van der Waals surface area contributed by atoms with Crippen LogP contribution in [0.15, 0.2) is 30.5 Å². The lowest BCUT2D eigenvalue weighted by molar-refractivity contribution is -0.141. The van der Waals surface area contributed by atoms with Gasteiger partial charge in [0.25, 0.3) is 0 Å². The average molecular weight is 507 g/mol. The van der Waals surface area contributed by atoms with Crippen LogP contribution in [0, 0.1) is 13.8 Å². The second kappa shape index (κ2) is 9.65. The molecule has 0 aliphatic carbocycles. The van der Waals surface area contributed by atoms with Crippen molar-refractivity contribution in [2.75, 3.05) is 43.1 Å². The summed E-state index contributed by atoms with van der Waals surface area (Å²) in [5, 5.41) is 9.46. The predicted octanol–water partition coefficient (Wildman–Crippen LogP) is 4.34. The zero-order valence-corrected chi connectivity index (χ0v) is 20.0. The molecule has 1 aliphatic rings. The van der Waals surface area contributed by atoms with Gasteiger partial charge in [-0.3, -0.25) is 0 Å². The molecule has 2 aromatic heterocycles. The van der Waals surface area contributed by atoms with Crippen LogP contribution < -0.4 is 9.80 Å². The molecule has 0 bridgehead atoms. The molecule has 1 saturated heterocycles. The molecule has 184 valence electrons. The van der Waals surface area contributed by atoms with E-state index in [9.17, 15) is 18.0 Å². The van der Waals surface area contributed by atoms with E-state index < -0.39 is 23.4 Å². The second-order valence-corrected chi connectivity index (χ2v) is 8.46. The third kappa shape index (κ3) is 5.00. The van der Waals surface area contributed by atoms with Crippen molar-refractivity contribution in [3.8, 4) is 11.3 Å². The number of aromatic nitrogens is 4. The van der Waals surface area contributed by atoms with Crippen LogP contribution in [0.25, 0.3) is 11.3 Å². The molecule has 1 aromatic carbocycles. The molecule has 0 N–H and O–H groups in total. The number of hydrogen-bond donors (Lipinski definition) is 0. The molecule has 1 fully saturated rings. The molecular weight excluding hydrogens is 485 g/mol. The Hall–Kier alpha value is -3.47. The topological polar surface area (TPSA) is 84.3 Å². The maximum Gasteiger partial charge on any atom is 0.434 e. The minimum atomic E-state index is -4.82. The number of carbonyl (C=O) groups excluding carboxylic acids is 1. The molecule has 3 heterocycles. The second-order valence-electron chi connectivity index (χ2n) is 8.03. The van der Waals surface area contributed by atoms with Gasteiger partial charge in [0.2, 0.25) is 5.95 Å². The van der Waals surface area contributed by atoms with Gasteiger partial charge >= 0.3 is 12.1 Å². The van der Waals surface area contributed by atoms with E-state index in [2.05, 4.69) is 24.9 Å². The molecule has 0 unspecified atom stereocenters. The van der Waals surface area contributed by atoms with E-state index in [1.807, 2.05) is 36.9 Å². The van der Waals surface area contributed by atoms with Crippen LogP contribution >= 0.6 is 11.6 Å². The Morgan fingerprint density at radius 1 is 1.06 bits per heavy atom. The zero-order chi connectivity index (χ0) is 25.3. The molecule has 35 heavy (non-hydrogen) atoms. The van der Waals surface area contributed by atoms with E-state index in [1.165, 1.54) is 0 Å². The first-order chi connectivity index (χ1) is 16.6. The molecule has 0 amide bonds. The third-order valence-corrected chi connectivity index (χ3v) is 6.14. The summed E-state index contributed by atoms with van der Waals surface area (Å²) in [6.45, 7) is 5.62. The smallest absolute Gasteiger partial charge is 0.434 e. The lowest BCUT2D eigenvalue weighted by Crippen LogP contribution is -2.48. The summed E-state index contributed by atoms with van der Waals surface area (Å²) in [7, 11) is 1.00. The average Bonchev–Trinajstić information content (AvgIpc) is 2.84. The van der Waals surface area contributed by atoms with E-state index in [4.69, 9.17) is 11.6 Å². The Labute approximate surface area is 204 Å². The highest BCUT2D eigenvalue weighted by molar-refractivity contribution is 6.30. The van der Waals surface area contributed by atoms with Gasteiger partial charge in [-0.25, -0.2) is 14.8 Å². The number of alkyl halides is 3. The summed E-state index contributed by atoms with van der Waals surface area (Å²) >= 11 is 6.11. The molecule has 8 nitrogen and oxygen atoms in total. The lowest BCUT2D eigenvalue weighted by Gasteiger charge is -2.36. The fraction of sp³-hybridized carbons (Fsp3) is 0.348. The van der Waals surface area contributed by atoms with E-state index in [1.54, 1.807) is 11.0 Å². The number of benzene rings is 1. The van der Waals surface area contributed by atoms with Gasteiger partial charge < -0.3 is 14.5 Å². The monoisotopic (exact) mass is 506 g/mol. The summed E-state index contributed by atoms with van der Waals surface area (Å²) in [6.07, 6.45) is -3.96. The van der Waals surface area contributed by atoms with Gasteiger partial charge in [0.05, 0.1) is 12.8 Å². The number of esters is 1. The van der Waals surface area contributed by atoms with Crippen LogP contribution in [0.4, 0.5) is 24.9 Å². The van der Waals surface area contributed by atoms with Crippen LogP contribution in [0.5, 0.6) is 0 Å². The van der Waals surface area contributed by atoms with Crippen LogP contribution in [-0.4, -0.2) is 59.4 Å². The number of hydrogen-bond acceptors (Lipinski definition) is 8. The van der Waals surface area contributed by atoms with E-state index in [-0.39, 0.29) is 5.95 Å². The minimum Gasteiger partial charge on any atom is -0.465 e. The molecule has 0 spiro atoms. The SMILES string of the molecule is COC(=O)c1cnc(N2CCN(c3nnc(-c4cccc(Cl)c4)c(C)c3C)CC2)nc1C(F)(F)F. The molecule has 1 aliphatic heterocycles.